The highest BCUT2D eigenvalue weighted by Crippen LogP contribution is 2.16. The molecule has 2 aliphatic heterocycles. The number of fused-ring (bicyclic) bond motifs is 1. The summed E-state index contributed by atoms with van der Waals surface area (Å²) >= 11 is 1.44. The highest BCUT2D eigenvalue weighted by molar-refractivity contribution is 7.12. The molecular formula is C4H2N4S. The monoisotopic (exact) mass is 138 g/mol. The molecule has 0 aromatic rings. The Morgan fingerprint density at radius 3 is 3.22 bits per heavy atom. The van der Waals surface area contributed by atoms with Crippen LogP contribution in [-0.2, 0) is 0 Å². The van der Waals surface area contributed by atoms with Crippen LogP contribution in [0.15, 0.2) is 11.7 Å². The SMILES string of the molecule is c1ncc2nnnc-2s1. The Morgan fingerprint density at radius 1 is 1.33 bits per heavy atom. The Balaban J connectivity index is 2.79. The van der Waals surface area contributed by atoms with Crippen molar-refractivity contribution < 1.29 is 0 Å². The van der Waals surface area contributed by atoms with E-state index in [2.05, 4.69) is 20.4 Å². The van der Waals surface area contributed by atoms with Crippen LogP contribution < -0.4 is 0 Å². The molecule has 0 amide bonds. The number of hydrogen-bond donors (Lipinski definition) is 0. The molecule has 4 nitrogen and oxygen atoms in total. The van der Waals surface area contributed by atoms with Gasteiger partial charge in [-0.25, -0.2) is 0 Å². The minimum atomic E-state index is 0.766. The molecule has 0 aliphatic carbocycles. The van der Waals surface area contributed by atoms with Crippen molar-refractivity contribution in [2.75, 3.05) is 0 Å². The van der Waals surface area contributed by atoms with E-state index >= 15 is 0 Å². The van der Waals surface area contributed by atoms with Gasteiger partial charge in [-0.2, -0.15) is 0 Å². The van der Waals surface area contributed by atoms with Crippen molar-refractivity contribution in [3.8, 4) is 10.7 Å². The number of aromatic nitrogens is 4. The lowest BCUT2D eigenvalue weighted by molar-refractivity contribution is 0.954. The quantitative estimate of drug-likeness (QED) is 0.529. The summed E-state index contributed by atoms with van der Waals surface area (Å²) in [4.78, 5) is 3.86. The van der Waals surface area contributed by atoms with E-state index in [1.807, 2.05) is 0 Å². The number of rotatable bonds is 0. The maximum atomic E-state index is 3.86. The van der Waals surface area contributed by atoms with Gasteiger partial charge in [-0.1, -0.05) is 0 Å². The van der Waals surface area contributed by atoms with Gasteiger partial charge in [0.25, 0.3) is 0 Å². The lowest BCUT2D eigenvalue weighted by Gasteiger charge is -1.84. The van der Waals surface area contributed by atoms with Crippen LogP contribution in [0, 0.1) is 0 Å². The van der Waals surface area contributed by atoms with E-state index in [0.717, 1.165) is 10.7 Å². The van der Waals surface area contributed by atoms with E-state index in [1.54, 1.807) is 11.7 Å². The maximum absolute atomic E-state index is 3.86. The lowest BCUT2D eigenvalue weighted by Crippen LogP contribution is -1.74. The van der Waals surface area contributed by atoms with Gasteiger partial charge in [0, 0.05) is 0 Å². The van der Waals surface area contributed by atoms with Gasteiger partial charge in [0.15, 0.2) is 5.01 Å². The highest BCUT2D eigenvalue weighted by atomic mass is 32.1. The minimum absolute atomic E-state index is 0.766. The molecule has 0 atom stereocenters. The van der Waals surface area contributed by atoms with Crippen LogP contribution in [0.4, 0.5) is 0 Å². The first-order chi connectivity index (χ1) is 4.47. The molecular weight excluding hydrogens is 136 g/mol. The molecule has 5 heteroatoms. The third kappa shape index (κ3) is 0.655. The first-order valence-electron chi connectivity index (χ1n) is 2.34. The van der Waals surface area contributed by atoms with E-state index in [9.17, 15) is 0 Å². The summed E-state index contributed by atoms with van der Waals surface area (Å²) in [6.45, 7) is 0. The lowest BCUT2D eigenvalue weighted by atomic mass is 10.5. The van der Waals surface area contributed by atoms with Crippen LogP contribution in [0.5, 0.6) is 0 Å². The van der Waals surface area contributed by atoms with E-state index in [0.29, 0.717) is 0 Å². The van der Waals surface area contributed by atoms with Gasteiger partial charge < -0.3 is 0 Å². The third-order valence-electron chi connectivity index (χ3n) is 0.929. The first kappa shape index (κ1) is 4.75. The Kier molecular flexibility index (Phi) is 0.895. The van der Waals surface area contributed by atoms with Crippen molar-refractivity contribution >= 4 is 11.3 Å². The Bertz CT molecular complexity index is 253. The summed E-state index contributed by atoms with van der Waals surface area (Å²) in [6.07, 6.45) is 1.64. The van der Waals surface area contributed by atoms with Gasteiger partial charge in [0.05, 0.1) is 11.7 Å². The van der Waals surface area contributed by atoms with E-state index in [4.69, 9.17) is 0 Å². The molecule has 0 fully saturated rings. The van der Waals surface area contributed by atoms with E-state index in [1.165, 1.54) is 11.3 Å². The van der Waals surface area contributed by atoms with Crippen LogP contribution in [0.3, 0.4) is 0 Å². The molecule has 2 aliphatic rings. The molecule has 2 heterocycles. The highest BCUT2D eigenvalue weighted by Gasteiger charge is 2.04. The zero-order chi connectivity index (χ0) is 6.10. The summed E-state index contributed by atoms with van der Waals surface area (Å²) in [5, 5.41) is 11.8. The average molecular weight is 138 g/mol. The normalized spacial score (nSPS) is 10.2. The fourth-order valence-electron chi connectivity index (χ4n) is 0.552. The summed E-state index contributed by atoms with van der Waals surface area (Å²) in [5.74, 6) is 0. The molecule has 0 aromatic heterocycles. The van der Waals surface area contributed by atoms with Crippen LogP contribution >= 0.6 is 11.3 Å². The van der Waals surface area contributed by atoms with Crippen molar-refractivity contribution in [3.05, 3.63) is 11.7 Å². The van der Waals surface area contributed by atoms with Crippen molar-refractivity contribution in [1.29, 1.82) is 0 Å². The van der Waals surface area contributed by atoms with Crippen LogP contribution in [0.1, 0.15) is 0 Å². The maximum Gasteiger partial charge on any atom is 0.171 e. The fraction of sp³-hybridized carbons (Fsp3) is 0. The van der Waals surface area contributed by atoms with Gasteiger partial charge in [-0.05, 0) is 5.21 Å². The molecule has 0 saturated carbocycles. The molecule has 44 valence electrons. The molecule has 0 unspecified atom stereocenters. The third-order valence-corrected chi connectivity index (χ3v) is 1.67. The van der Waals surface area contributed by atoms with Gasteiger partial charge >= 0.3 is 0 Å². The van der Waals surface area contributed by atoms with Gasteiger partial charge in [-0.3, -0.25) is 4.98 Å². The van der Waals surface area contributed by atoms with Gasteiger partial charge in [-0.15, -0.1) is 21.5 Å². The van der Waals surface area contributed by atoms with Crippen molar-refractivity contribution in [2.24, 2.45) is 0 Å². The Labute approximate surface area is 54.9 Å². The second kappa shape index (κ2) is 1.70. The molecule has 2 rings (SSSR count). The summed E-state index contributed by atoms with van der Waals surface area (Å²) in [5.41, 5.74) is 2.47. The molecule has 9 heavy (non-hydrogen) atoms. The van der Waals surface area contributed by atoms with Crippen molar-refractivity contribution in [3.63, 3.8) is 0 Å². The largest absolute Gasteiger partial charge is 0.251 e. The molecule has 0 N–H and O–H groups in total. The van der Waals surface area contributed by atoms with Crippen LogP contribution in [-0.4, -0.2) is 20.4 Å². The van der Waals surface area contributed by atoms with Crippen LogP contribution in [0.25, 0.3) is 10.7 Å². The van der Waals surface area contributed by atoms with Gasteiger partial charge in [0.1, 0.15) is 5.69 Å². The summed E-state index contributed by atoms with van der Waals surface area (Å²) in [6, 6.07) is 0. The van der Waals surface area contributed by atoms with Crippen molar-refractivity contribution in [1.82, 2.24) is 20.4 Å². The Morgan fingerprint density at radius 2 is 2.33 bits per heavy atom. The molecule has 0 saturated heterocycles. The predicted molar refractivity (Wildman–Crippen MR) is 32.1 cm³/mol. The number of nitrogens with zero attached hydrogens (tertiary/aromatic N) is 4. The predicted octanol–water partition coefficient (Wildman–Crippen LogP) is 0.433. The Hall–Kier alpha value is -1.10. The molecule has 0 radical (unpaired) electrons. The molecule has 0 bridgehead atoms. The van der Waals surface area contributed by atoms with E-state index in [-0.39, 0.29) is 0 Å². The molecule has 0 spiro atoms. The average Bonchev–Trinajstić information content (AvgIpc) is 2.33. The second-order valence-electron chi connectivity index (χ2n) is 1.48. The minimum Gasteiger partial charge on any atom is -0.251 e. The van der Waals surface area contributed by atoms with Crippen LogP contribution in [0.2, 0.25) is 0 Å². The summed E-state index contributed by atoms with van der Waals surface area (Å²) in [7, 11) is 0. The van der Waals surface area contributed by atoms with Gasteiger partial charge in [0.2, 0.25) is 0 Å². The van der Waals surface area contributed by atoms with Crippen molar-refractivity contribution in [2.45, 2.75) is 0 Å². The standard InChI is InChI=1S/C4H2N4S/c1-3-4(7-8-6-3)9-2-5-1/h1-2H. The molecule has 0 aromatic carbocycles. The van der Waals surface area contributed by atoms with E-state index < -0.39 is 0 Å². The number of hydrogen-bond acceptors (Lipinski definition) is 5. The smallest absolute Gasteiger partial charge is 0.171 e. The first-order valence-corrected chi connectivity index (χ1v) is 3.22. The second-order valence-corrected chi connectivity index (χ2v) is 2.31. The zero-order valence-electron chi connectivity index (χ0n) is 4.35. The fourth-order valence-corrected chi connectivity index (χ4v) is 1.07. The zero-order valence-corrected chi connectivity index (χ0v) is 5.17. The summed E-state index contributed by atoms with van der Waals surface area (Å²) < 4.78 is 0. The topological polar surface area (TPSA) is 51.6 Å².